The normalized spacial score (nSPS) is 12.4. The van der Waals surface area contributed by atoms with Gasteiger partial charge in [0.05, 0.1) is 22.8 Å². The summed E-state index contributed by atoms with van der Waals surface area (Å²) in [5.41, 5.74) is 13.0. The second-order valence-corrected chi connectivity index (χ2v) is 12.3. The summed E-state index contributed by atoms with van der Waals surface area (Å²) in [7, 11) is 0. The van der Waals surface area contributed by atoms with E-state index in [1.54, 1.807) is 12.2 Å². The fraction of sp³-hybridized carbons (Fsp3) is 0.136. The van der Waals surface area contributed by atoms with E-state index in [4.69, 9.17) is 9.97 Å². The van der Waals surface area contributed by atoms with E-state index in [0.29, 0.717) is 25.7 Å². The van der Waals surface area contributed by atoms with Crippen LogP contribution in [0.4, 0.5) is 0 Å². The molecule has 246 valence electrons. The molecule has 2 aromatic carbocycles. The zero-order chi connectivity index (χ0) is 34.5. The van der Waals surface area contributed by atoms with E-state index in [9.17, 15) is 9.59 Å². The number of hydrogen-bond donors (Lipinski definition) is 2. The predicted octanol–water partition coefficient (Wildman–Crippen LogP) is 10.1. The van der Waals surface area contributed by atoms with E-state index >= 15 is 0 Å². The highest BCUT2D eigenvalue weighted by atomic mass is 16.1. The lowest BCUT2D eigenvalue weighted by atomic mass is 10.0. The number of carbonyl (C=O) groups excluding carboxylic acids is 2. The highest BCUT2D eigenvalue weighted by molar-refractivity contribution is 5.95. The minimum Gasteiger partial charge on any atom is -0.355 e. The van der Waals surface area contributed by atoms with Gasteiger partial charge in [0, 0.05) is 57.2 Å². The molecular weight excluding hydrogens is 617 g/mol. The van der Waals surface area contributed by atoms with Gasteiger partial charge in [-0.25, -0.2) is 9.97 Å². The highest BCUT2D eigenvalue weighted by Crippen LogP contribution is 2.34. The van der Waals surface area contributed by atoms with Crippen molar-refractivity contribution in [1.29, 1.82) is 0 Å². The summed E-state index contributed by atoms with van der Waals surface area (Å²) in [6, 6.07) is 29.0. The second-order valence-electron chi connectivity index (χ2n) is 12.3. The van der Waals surface area contributed by atoms with Crippen LogP contribution in [0.25, 0.3) is 68.6 Å². The van der Waals surface area contributed by atoms with Crippen LogP contribution in [-0.4, -0.2) is 31.5 Å². The Morgan fingerprint density at radius 2 is 0.920 bits per heavy atom. The van der Waals surface area contributed by atoms with Crippen LogP contribution < -0.4 is 0 Å². The summed E-state index contributed by atoms with van der Waals surface area (Å²) in [4.78, 5) is 42.4. The number of allylic oxidation sites excluding steroid dienone is 4. The fourth-order valence-electron chi connectivity index (χ4n) is 6.42. The zero-order valence-corrected chi connectivity index (χ0v) is 28.2. The molecular formula is C44H38N4O2. The lowest BCUT2D eigenvalue weighted by Crippen LogP contribution is -1.95. The molecule has 0 radical (unpaired) electrons. The molecule has 6 nitrogen and oxygen atoms in total. The molecule has 2 N–H and O–H groups in total. The summed E-state index contributed by atoms with van der Waals surface area (Å²) in [6.07, 6.45) is 17.4. The smallest absolute Gasteiger partial charge is 0.155 e. The minimum absolute atomic E-state index is 0.0826. The summed E-state index contributed by atoms with van der Waals surface area (Å²) in [5, 5.41) is 0. The molecule has 8 bridgehead atoms. The number of aromatic amines is 2. The number of carbonyl (C=O) groups is 2. The topological polar surface area (TPSA) is 91.5 Å². The number of ketones is 2. The van der Waals surface area contributed by atoms with Crippen molar-refractivity contribution in [2.45, 2.75) is 39.5 Å². The number of nitrogens with zero attached hydrogens (tertiary/aromatic N) is 2. The van der Waals surface area contributed by atoms with Gasteiger partial charge in [0.25, 0.3) is 0 Å². The van der Waals surface area contributed by atoms with Crippen molar-refractivity contribution in [3.63, 3.8) is 0 Å². The average molecular weight is 655 g/mol. The number of fused-ring (bicyclic) bond motifs is 8. The first-order chi connectivity index (χ1) is 24.5. The molecule has 0 saturated carbocycles. The average Bonchev–Trinajstić information content (AvgIpc) is 3.99. The van der Waals surface area contributed by atoms with Crippen molar-refractivity contribution in [2.24, 2.45) is 0 Å². The SMILES string of the molecule is CCC(=O)/C=C/Cc1c2nc(c(-c3ccccc3)c3ccc([nH]3)c(C/C=C/C(=O)CC)c3ccc([nH]3)c(-c3ccccc3)c3nc1C=C3)C=C2. The lowest BCUT2D eigenvalue weighted by molar-refractivity contribution is -0.115. The first kappa shape index (κ1) is 32.4. The third kappa shape index (κ3) is 6.74. The van der Waals surface area contributed by atoms with E-state index in [0.717, 1.165) is 78.2 Å². The number of benzene rings is 2. The number of hydrogen-bond acceptors (Lipinski definition) is 4. The van der Waals surface area contributed by atoms with Crippen molar-refractivity contribution >= 4 is 57.9 Å². The van der Waals surface area contributed by atoms with E-state index < -0.39 is 0 Å². The summed E-state index contributed by atoms with van der Waals surface area (Å²) >= 11 is 0. The third-order valence-electron chi connectivity index (χ3n) is 9.04. The van der Waals surface area contributed by atoms with Gasteiger partial charge in [-0.2, -0.15) is 0 Å². The summed E-state index contributed by atoms with van der Waals surface area (Å²) < 4.78 is 0. The fourth-order valence-corrected chi connectivity index (χ4v) is 6.42. The van der Waals surface area contributed by atoms with Crippen molar-refractivity contribution in [3.8, 4) is 22.3 Å². The van der Waals surface area contributed by atoms with Gasteiger partial charge in [-0.05, 0) is 84.7 Å². The lowest BCUT2D eigenvalue weighted by Gasteiger charge is -2.05. The van der Waals surface area contributed by atoms with Gasteiger partial charge in [-0.15, -0.1) is 0 Å². The monoisotopic (exact) mass is 654 g/mol. The van der Waals surface area contributed by atoms with Crippen LogP contribution in [-0.2, 0) is 22.4 Å². The molecule has 0 amide bonds. The maximum Gasteiger partial charge on any atom is 0.155 e. The van der Waals surface area contributed by atoms with Gasteiger partial charge in [0.2, 0.25) is 0 Å². The number of H-pyrrole nitrogens is 2. The molecule has 7 rings (SSSR count). The highest BCUT2D eigenvalue weighted by Gasteiger charge is 2.17. The molecule has 0 fully saturated rings. The largest absolute Gasteiger partial charge is 0.355 e. The van der Waals surface area contributed by atoms with Crippen molar-refractivity contribution < 1.29 is 9.59 Å². The van der Waals surface area contributed by atoms with E-state index in [1.165, 1.54) is 0 Å². The summed E-state index contributed by atoms with van der Waals surface area (Å²) in [5.74, 6) is 0.177. The van der Waals surface area contributed by atoms with Crippen molar-refractivity contribution in [3.05, 3.63) is 143 Å². The van der Waals surface area contributed by atoms with Crippen LogP contribution in [0.3, 0.4) is 0 Å². The van der Waals surface area contributed by atoms with Crippen LogP contribution in [0.2, 0.25) is 0 Å². The van der Waals surface area contributed by atoms with Crippen LogP contribution in [0, 0.1) is 0 Å². The standard InChI is InChI=1S/C44H38N4O2/c1-3-31(49)17-11-19-33-35-21-25-39(45-35)43(29-13-7-5-8-14-29)41-27-23-37(47-41)34(20-12-18-32(50)4-2)38-24-28-42(48-38)44(30-15-9-6-10-16-30)40-26-22-36(33)46-40/h5-18,21-28,45-46H,3-4,19-20H2,1-2H3/b17-11+,18-12+,35-33?,36-33?,37-34?,38-34?,43-39?,43-41?,44-40?,44-42?. The number of rotatable bonds is 10. The zero-order valence-electron chi connectivity index (χ0n) is 28.2. The van der Waals surface area contributed by atoms with E-state index in [-0.39, 0.29) is 11.6 Å². The first-order valence-electron chi connectivity index (χ1n) is 17.2. The molecule has 0 saturated heterocycles. The van der Waals surface area contributed by atoms with E-state index in [2.05, 4.69) is 70.7 Å². The molecule has 50 heavy (non-hydrogen) atoms. The molecule has 2 aliphatic rings. The van der Waals surface area contributed by atoms with Gasteiger partial charge in [-0.1, -0.05) is 86.7 Å². The van der Waals surface area contributed by atoms with Crippen molar-refractivity contribution in [2.75, 3.05) is 0 Å². The Morgan fingerprint density at radius 3 is 1.36 bits per heavy atom. The van der Waals surface area contributed by atoms with Gasteiger partial charge in [0.1, 0.15) is 0 Å². The van der Waals surface area contributed by atoms with Crippen LogP contribution in [0.15, 0.2) is 109 Å². The Balaban J connectivity index is 1.59. The molecule has 0 atom stereocenters. The second kappa shape index (κ2) is 14.5. The maximum absolute atomic E-state index is 12.2. The number of aromatic nitrogens is 4. The quantitative estimate of drug-likeness (QED) is 0.144. The van der Waals surface area contributed by atoms with Gasteiger partial charge < -0.3 is 9.97 Å². The maximum atomic E-state index is 12.2. The molecule has 0 spiro atoms. The Bertz CT molecular complexity index is 2230. The third-order valence-corrected chi connectivity index (χ3v) is 9.04. The van der Waals surface area contributed by atoms with Gasteiger partial charge in [0.15, 0.2) is 11.6 Å². The van der Waals surface area contributed by atoms with E-state index in [1.807, 2.05) is 74.5 Å². The molecule has 3 aromatic heterocycles. The Labute approximate surface area is 291 Å². The van der Waals surface area contributed by atoms with Crippen molar-refractivity contribution in [1.82, 2.24) is 19.9 Å². The molecule has 6 heteroatoms. The van der Waals surface area contributed by atoms with Crippen LogP contribution in [0.1, 0.15) is 60.6 Å². The molecule has 5 heterocycles. The molecule has 0 unspecified atom stereocenters. The molecule has 2 aliphatic heterocycles. The Morgan fingerprint density at radius 1 is 0.520 bits per heavy atom. The Hall–Kier alpha value is -6.14. The first-order valence-corrected chi connectivity index (χ1v) is 17.2. The van der Waals surface area contributed by atoms with Crippen LogP contribution in [0.5, 0.6) is 0 Å². The molecule has 0 aliphatic carbocycles. The Kier molecular flexibility index (Phi) is 9.43. The minimum atomic E-state index is 0.0826. The predicted molar refractivity (Wildman–Crippen MR) is 206 cm³/mol. The number of nitrogens with one attached hydrogen (secondary N) is 2. The summed E-state index contributed by atoms with van der Waals surface area (Å²) in [6.45, 7) is 3.74. The van der Waals surface area contributed by atoms with Gasteiger partial charge >= 0.3 is 0 Å². The van der Waals surface area contributed by atoms with Crippen LogP contribution >= 0.6 is 0 Å². The molecule has 5 aromatic rings. The van der Waals surface area contributed by atoms with Gasteiger partial charge in [-0.3, -0.25) is 9.59 Å².